The Balaban J connectivity index is 1.91. The normalized spacial score (nSPS) is 19.2. The largest absolute Gasteiger partial charge is 0.332 e. The van der Waals surface area contributed by atoms with E-state index in [4.69, 9.17) is 11.6 Å². The highest BCUT2D eigenvalue weighted by Gasteiger charge is 2.47. The third-order valence-electron chi connectivity index (χ3n) is 6.14. The molecule has 1 aliphatic carbocycles. The number of aromatic nitrogens is 2. The molecule has 6 nitrogen and oxygen atoms in total. The summed E-state index contributed by atoms with van der Waals surface area (Å²) in [7, 11) is 3.03. The zero-order valence-corrected chi connectivity index (χ0v) is 17.4. The van der Waals surface area contributed by atoms with E-state index in [2.05, 4.69) is 4.99 Å². The summed E-state index contributed by atoms with van der Waals surface area (Å²) in [5.74, 6) is -1.01. The highest BCUT2D eigenvalue weighted by Crippen LogP contribution is 2.46. The van der Waals surface area contributed by atoms with Gasteiger partial charge in [-0.3, -0.25) is 18.7 Å². The van der Waals surface area contributed by atoms with Crippen LogP contribution in [0.5, 0.6) is 0 Å². The van der Waals surface area contributed by atoms with E-state index in [0.29, 0.717) is 27.7 Å². The van der Waals surface area contributed by atoms with Gasteiger partial charge in [-0.15, -0.1) is 0 Å². The monoisotopic (exact) mass is 419 g/mol. The van der Waals surface area contributed by atoms with E-state index in [1.807, 2.05) is 37.3 Å². The second-order valence-corrected chi connectivity index (χ2v) is 8.22. The fourth-order valence-electron chi connectivity index (χ4n) is 4.53. The average Bonchev–Trinajstić information content (AvgIpc) is 3.03. The number of aryl methyl sites for hydroxylation is 1. The summed E-state index contributed by atoms with van der Waals surface area (Å²) >= 11 is 6.40. The average molecular weight is 420 g/mol. The Kier molecular flexibility index (Phi) is 3.98. The molecule has 2 aromatic carbocycles. The van der Waals surface area contributed by atoms with Gasteiger partial charge in [-0.2, -0.15) is 0 Å². The van der Waals surface area contributed by atoms with Crippen molar-refractivity contribution in [1.29, 1.82) is 0 Å². The van der Waals surface area contributed by atoms with Crippen LogP contribution in [0.1, 0.15) is 38.5 Å². The van der Waals surface area contributed by atoms with Gasteiger partial charge in [0.25, 0.3) is 5.56 Å². The number of carbonyl (C=O) groups excluding carboxylic acids is 1. The number of fused-ring (bicyclic) bond motifs is 4. The van der Waals surface area contributed by atoms with Crippen LogP contribution < -0.4 is 11.2 Å². The van der Waals surface area contributed by atoms with Crippen molar-refractivity contribution in [2.75, 3.05) is 0 Å². The zero-order chi connectivity index (χ0) is 21.3. The first-order valence-corrected chi connectivity index (χ1v) is 9.97. The van der Waals surface area contributed by atoms with Crippen LogP contribution in [0.25, 0.3) is 0 Å². The highest BCUT2D eigenvalue weighted by atomic mass is 35.5. The molecule has 0 spiro atoms. The van der Waals surface area contributed by atoms with Crippen LogP contribution >= 0.6 is 11.6 Å². The number of halogens is 1. The van der Waals surface area contributed by atoms with Gasteiger partial charge in [-0.1, -0.05) is 48.0 Å². The van der Waals surface area contributed by atoms with Crippen molar-refractivity contribution >= 4 is 28.9 Å². The molecule has 0 saturated heterocycles. The maximum atomic E-state index is 13.4. The van der Waals surface area contributed by atoms with Crippen molar-refractivity contribution in [2.45, 2.75) is 12.8 Å². The molecule has 5 rings (SSSR count). The zero-order valence-electron chi connectivity index (χ0n) is 16.6. The van der Waals surface area contributed by atoms with E-state index in [9.17, 15) is 14.4 Å². The summed E-state index contributed by atoms with van der Waals surface area (Å²) in [6.45, 7) is 1.90. The fourth-order valence-corrected chi connectivity index (χ4v) is 4.72. The van der Waals surface area contributed by atoms with Crippen molar-refractivity contribution in [1.82, 2.24) is 9.13 Å². The van der Waals surface area contributed by atoms with Gasteiger partial charge in [-0.05, 0) is 24.1 Å². The first-order chi connectivity index (χ1) is 14.3. The Morgan fingerprint density at radius 3 is 2.33 bits per heavy atom. The summed E-state index contributed by atoms with van der Waals surface area (Å²) in [5, 5.41) is 0.558. The third-order valence-corrected chi connectivity index (χ3v) is 6.55. The smallest absolute Gasteiger partial charge is 0.293 e. The maximum absolute atomic E-state index is 13.4. The molecule has 0 unspecified atom stereocenters. The molecule has 0 N–H and O–H groups in total. The predicted octanol–water partition coefficient (Wildman–Crippen LogP) is 3.12. The standard InChI is InChI=1S/C23H18ClN3O3/c1-11-8-9-12(10-15(11)24)16-17-19(13-6-4-5-7-14(13)20(17)28)25-21-18(16)22(29)27(3)23(30)26(21)2/h4-10,16-17H,1-3H3/t16-,17-/m0/s1. The molecule has 0 bridgehead atoms. The maximum Gasteiger partial charge on any atom is 0.332 e. The summed E-state index contributed by atoms with van der Waals surface area (Å²) in [5.41, 5.74) is 3.01. The van der Waals surface area contributed by atoms with E-state index in [0.717, 1.165) is 21.3 Å². The van der Waals surface area contributed by atoms with Gasteiger partial charge in [0.1, 0.15) is 5.82 Å². The Hall–Kier alpha value is -3.25. The summed E-state index contributed by atoms with van der Waals surface area (Å²) in [6, 6.07) is 12.9. The first kappa shape index (κ1) is 18.8. The summed E-state index contributed by atoms with van der Waals surface area (Å²) in [6.07, 6.45) is 0. The lowest BCUT2D eigenvalue weighted by Gasteiger charge is -2.30. The molecule has 0 saturated carbocycles. The molecule has 2 aliphatic rings. The highest BCUT2D eigenvalue weighted by molar-refractivity contribution is 6.31. The molecule has 2 heterocycles. The number of hydrogen-bond donors (Lipinski definition) is 0. The molecule has 0 fully saturated rings. The molecule has 0 radical (unpaired) electrons. The number of carbonyl (C=O) groups is 1. The van der Waals surface area contributed by atoms with Gasteiger partial charge in [0.15, 0.2) is 5.78 Å². The van der Waals surface area contributed by atoms with Crippen LogP contribution in [0.4, 0.5) is 5.82 Å². The Morgan fingerprint density at radius 2 is 1.63 bits per heavy atom. The number of rotatable bonds is 1. The first-order valence-electron chi connectivity index (χ1n) is 9.59. The van der Waals surface area contributed by atoms with Gasteiger partial charge >= 0.3 is 5.69 Å². The van der Waals surface area contributed by atoms with Crippen LogP contribution in [-0.2, 0) is 14.1 Å². The number of nitrogens with zero attached hydrogens (tertiary/aromatic N) is 3. The molecular formula is C23H18ClN3O3. The Bertz CT molecular complexity index is 1410. The molecule has 1 aliphatic heterocycles. The lowest BCUT2D eigenvalue weighted by atomic mass is 9.76. The number of hydrogen-bond acceptors (Lipinski definition) is 4. The van der Waals surface area contributed by atoms with Crippen LogP contribution in [0.15, 0.2) is 57.0 Å². The second kappa shape index (κ2) is 6.37. The van der Waals surface area contributed by atoms with Gasteiger partial charge in [0.05, 0.1) is 17.2 Å². The molecule has 0 amide bonds. The Morgan fingerprint density at radius 1 is 0.933 bits per heavy atom. The van der Waals surface area contributed by atoms with Crippen molar-refractivity contribution in [3.8, 4) is 0 Å². The minimum atomic E-state index is -0.640. The van der Waals surface area contributed by atoms with Crippen molar-refractivity contribution in [3.05, 3.63) is 96.1 Å². The lowest BCUT2D eigenvalue weighted by molar-refractivity contribution is 0.0953. The topological polar surface area (TPSA) is 73.4 Å². The van der Waals surface area contributed by atoms with Gasteiger partial charge < -0.3 is 0 Å². The third kappa shape index (κ3) is 2.37. The molecule has 7 heteroatoms. The van der Waals surface area contributed by atoms with E-state index >= 15 is 0 Å². The molecule has 1 aromatic heterocycles. The second-order valence-electron chi connectivity index (χ2n) is 7.81. The van der Waals surface area contributed by atoms with E-state index in [1.54, 1.807) is 19.2 Å². The van der Waals surface area contributed by atoms with E-state index in [-0.39, 0.29) is 5.78 Å². The lowest BCUT2D eigenvalue weighted by Crippen LogP contribution is -2.43. The van der Waals surface area contributed by atoms with Crippen molar-refractivity contribution < 1.29 is 4.79 Å². The number of benzene rings is 2. The van der Waals surface area contributed by atoms with Gasteiger partial charge in [0.2, 0.25) is 0 Å². The SMILES string of the molecule is Cc1ccc([C@@H]2c3c(n(C)c(=O)n(C)c3=O)N=C3c4ccccc4C(=O)[C@H]32)cc1Cl. The quantitative estimate of drug-likeness (QED) is 0.608. The minimum Gasteiger partial charge on any atom is -0.293 e. The molecule has 150 valence electrons. The van der Waals surface area contributed by atoms with E-state index < -0.39 is 23.1 Å². The summed E-state index contributed by atoms with van der Waals surface area (Å²) < 4.78 is 2.43. The van der Waals surface area contributed by atoms with E-state index in [1.165, 1.54) is 11.6 Å². The van der Waals surface area contributed by atoms with Crippen molar-refractivity contribution in [2.24, 2.45) is 25.0 Å². The van der Waals surface area contributed by atoms with Gasteiger partial charge in [0, 0.05) is 36.2 Å². The van der Waals surface area contributed by atoms with Crippen molar-refractivity contribution in [3.63, 3.8) is 0 Å². The Labute approximate surface area is 177 Å². The number of Topliss-reactive ketones (excluding diaryl/α,β-unsaturated/α-hetero) is 1. The van der Waals surface area contributed by atoms with Crippen LogP contribution in [-0.4, -0.2) is 20.6 Å². The molecule has 30 heavy (non-hydrogen) atoms. The fraction of sp³-hybridized carbons (Fsp3) is 0.217. The molecule has 3 aromatic rings. The minimum absolute atomic E-state index is 0.0763. The van der Waals surface area contributed by atoms with Crippen LogP contribution in [0.2, 0.25) is 5.02 Å². The number of aliphatic imine (C=N–C) groups is 1. The number of ketones is 1. The predicted molar refractivity (Wildman–Crippen MR) is 115 cm³/mol. The van der Waals surface area contributed by atoms with Crippen LogP contribution in [0, 0.1) is 12.8 Å². The molecular weight excluding hydrogens is 402 g/mol. The molecule has 2 atom stereocenters. The summed E-state index contributed by atoms with van der Waals surface area (Å²) in [4.78, 5) is 43.9. The van der Waals surface area contributed by atoms with Gasteiger partial charge in [-0.25, -0.2) is 9.79 Å². The van der Waals surface area contributed by atoms with Crippen LogP contribution in [0.3, 0.4) is 0 Å².